The maximum atomic E-state index is 5.77. The fourth-order valence-corrected chi connectivity index (χ4v) is 2.00. The standard InChI is InChI=1S/C12H21N3O/c1-12(2,3)16-11-8-14-15(9-11)10-4-6-13-7-5-10/h8-10,13H,4-7H2,1-3H3. The second-order valence-corrected chi connectivity index (χ2v) is 5.35. The van der Waals surface area contributed by atoms with Crippen molar-refractivity contribution in [3.05, 3.63) is 12.4 Å². The average molecular weight is 223 g/mol. The number of hydrogen-bond acceptors (Lipinski definition) is 3. The molecule has 0 bridgehead atoms. The zero-order chi connectivity index (χ0) is 11.6. The second-order valence-electron chi connectivity index (χ2n) is 5.35. The van der Waals surface area contributed by atoms with Gasteiger partial charge in [-0.05, 0) is 46.7 Å². The lowest BCUT2D eigenvalue weighted by Gasteiger charge is -2.23. The Bertz CT molecular complexity index is 334. The molecule has 1 aromatic rings. The molecule has 0 aliphatic carbocycles. The summed E-state index contributed by atoms with van der Waals surface area (Å²) >= 11 is 0. The fraction of sp³-hybridized carbons (Fsp3) is 0.750. The molecule has 0 spiro atoms. The van der Waals surface area contributed by atoms with Crippen LogP contribution in [-0.4, -0.2) is 28.5 Å². The highest BCUT2D eigenvalue weighted by molar-refractivity contribution is 5.13. The minimum absolute atomic E-state index is 0.151. The van der Waals surface area contributed by atoms with E-state index in [1.54, 1.807) is 0 Å². The summed E-state index contributed by atoms with van der Waals surface area (Å²) in [5.74, 6) is 0.867. The van der Waals surface area contributed by atoms with Crippen LogP contribution in [-0.2, 0) is 0 Å². The normalized spacial score (nSPS) is 18.7. The Morgan fingerprint density at radius 1 is 1.38 bits per heavy atom. The number of nitrogens with one attached hydrogen (secondary N) is 1. The van der Waals surface area contributed by atoms with Gasteiger partial charge in [0.05, 0.1) is 18.4 Å². The molecule has 1 N–H and O–H groups in total. The maximum absolute atomic E-state index is 5.77. The molecule has 1 aliphatic heterocycles. The highest BCUT2D eigenvalue weighted by Gasteiger charge is 2.18. The zero-order valence-electron chi connectivity index (χ0n) is 10.4. The summed E-state index contributed by atoms with van der Waals surface area (Å²) in [6.45, 7) is 8.32. The highest BCUT2D eigenvalue weighted by atomic mass is 16.5. The highest BCUT2D eigenvalue weighted by Crippen LogP contribution is 2.22. The van der Waals surface area contributed by atoms with Gasteiger partial charge in [0.1, 0.15) is 5.60 Å². The van der Waals surface area contributed by atoms with Crippen molar-refractivity contribution in [1.82, 2.24) is 15.1 Å². The molecule has 1 fully saturated rings. The molecule has 16 heavy (non-hydrogen) atoms. The van der Waals surface area contributed by atoms with Gasteiger partial charge in [0.2, 0.25) is 0 Å². The molecule has 0 atom stereocenters. The first-order chi connectivity index (χ1) is 7.54. The quantitative estimate of drug-likeness (QED) is 0.833. The SMILES string of the molecule is CC(C)(C)Oc1cnn(C2CCNCC2)c1. The summed E-state index contributed by atoms with van der Waals surface area (Å²) in [5, 5.41) is 7.75. The lowest BCUT2D eigenvalue weighted by molar-refractivity contribution is 0.130. The first kappa shape index (κ1) is 11.5. The second kappa shape index (κ2) is 4.45. The van der Waals surface area contributed by atoms with Crippen LogP contribution in [0.3, 0.4) is 0 Å². The van der Waals surface area contributed by atoms with E-state index in [2.05, 4.69) is 31.2 Å². The van der Waals surface area contributed by atoms with Gasteiger partial charge in [-0.15, -0.1) is 0 Å². The van der Waals surface area contributed by atoms with Crippen LogP contribution < -0.4 is 10.1 Å². The molecule has 2 rings (SSSR count). The Labute approximate surface area is 97.0 Å². The summed E-state index contributed by atoms with van der Waals surface area (Å²) in [4.78, 5) is 0. The van der Waals surface area contributed by atoms with Crippen molar-refractivity contribution in [1.29, 1.82) is 0 Å². The molecule has 0 radical (unpaired) electrons. The third-order valence-corrected chi connectivity index (χ3v) is 2.68. The average Bonchev–Trinajstić information content (AvgIpc) is 2.65. The molecule has 0 amide bonds. The lowest BCUT2D eigenvalue weighted by Crippen LogP contribution is -2.29. The van der Waals surface area contributed by atoms with E-state index in [1.807, 2.05) is 17.1 Å². The smallest absolute Gasteiger partial charge is 0.157 e. The molecule has 2 heterocycles. The summed E-state index contributed by atoms with van der Waals surface area (Å²) < 4.78 is 7.82. The zero-order valence-corrected chi connectivity index (χ0v) is 10.4. The maximum Gasteiger partial charge on any atom is 0.157 e. The van der Waals surface area contributed by atoms with E-state index in [4.69, 9.17) is 4.74 Å². The van der Waals surface area contributed by atoms with Crippen LogP contribution >= 0.6 is 0 Å². The molecule has 0 unspecified atom stereocenters. The summed E-state index contributed by atoms with van der Waals surface area (Å²) in [6.07, 6.45) is 6.13. The molecule has 1 aliphatic rings. The van der Waals surface area contributed by atoms with Crippen LogP contribution in [0.2, 0.25) is 0 Å². The van der Waals surface area contributed by atoms with Crippen molar-refractivity contribution in [3.63, 3.8) is 0 Å². The molecule has 4 heteroatoms. The minimum Gasteiger partial charge on any atom is -0.485 e. The Hall–Kier alpha value is -1.03. The van der Waals surface area contributed by atoms with Crippen molar-refractivity contribution in [3.8, 4) is 5.75 Å². The number of ether oxygens (including phenoxy) is 1. The molecule has 0 aromatic carbocycles. The lowest BCUT2D eigenvalue weighted by atomic mass is 10.1. The van der Waals surface area contributed by atoms with Crippen LogP contribution in [0.25, 0.3) is 0 Å². The monoisotopic (exact) mass is 223 g/mol. The molecule has 4 nitrogen and oxygen atoms in total. The van der Waals surface area contributed by atoms with E-state index in [9.17, 15) is 0 Å². The predicted molar refractivity (Wildman–Crippen MR) is 63.7 cm³/mol. The van der Waals surface area contributed by atoms with E-state index in [0.29, 0.717) is 6.04 Å². The number of hydrogen-bond donors (Lipinski definition) is 1. The molecule has 1 saturated heterocycles. The topological polar surface area (TPSA) is 39.1 Å². The summed E-state index contributed by atoms with van der Waals surface area (Å²) in [6, 6.07) is 0.526. The molecular weight excluding hydrogens is 202 g/mol. The Morgan fingerprint density at radius 2 is 2.06 bits per heavy atom. The van der Waals surface area contributed by atoms with Crippen molar-refractivity contribution in [2.75, 3.05) is 13.1 Å². The minimum atomic E-state index is -0.151. The van der Waals surface area contributed by atoms with Crippen molar-refractivity contribution >= 4 is 0 Å². The van der Waals surface area contributed by atoms with Crippen molar-refractivity contribution in [2.24, 2.45) is 0 Å². The fourth-order valence-electron chi connectivity index (χ4n) is 2.00. The third kappa shape index (κ3) is 2.98. The first-order valence-electron chi connectivity index (χ1n) is 5.98. The Morgan fingerprint density at radius 3 is 2.69 bits per heavy atom. The van der Waals surface area contributed by atoms with Crippen LogP contribution in [0.5, 0.6) is 5.75 Å². The molecule has 0 saturated carbocycles. The Balaban J connectivity index is 2.01. The first-order valence-corrected chi connectivity index (χ1v) is 5.98. The van der Waals surface area contributed by atoms with E-state index < -0.39 is 0 Å². The largest absolute Gasteiger partial charge is 0.485 e. The van der Waals surface area contributed by atoms with Crippen molar-refractivity contribution in [2.45, 2.75) is 45.3 Å². The summed E-state index contributed by atoms with van der Waals surface area (Å²) in [5.41, 5.74) is -0.151. The van der Waals surface area contributed by atoms with Gasteiger partial charge in [-0.3, -0.25) is 4.68 Å². The molecular formula is C12H21N3O. The third-order valence-electron chi connectivity index (χ3n) is 2.68. The van der Waals surface area contributed by atoms with Crippen LogP contribution in [0, 0.1) is 0 Å². The van der Waals surface area contributed by atoms with E-state index in [-0.39, 0.29) is 5.60 Å². The van der Waals surface area contributed by atoms with Gasteiger partial charge >= 0.3 is 0 Å². The number of rotatable bonds is 2. The molecule has 1 aromatic heterocycles. The Kier molecular flexibility index (Phi) is 3.19. The molecule has 90 valence electrons. The number of piperidine rings is 1. The van der Waals surface area contributed by atoms with Gasteiger partial charge in [-0.1, -0.05) is 0 Å². The van der Waals surface area contributed by atoms with E-state index >= 15 is 0 Å². The van der Waals surface area contributed by atoms with Gasteiger partial charge in [0.25, 0.3) is 0 Å². The van der Waals surface area contributed by atoms with Gasteiger partial charge < -0.3 is 10.1 Å². The van der Waals surface area contributed by atoms with E-state index in [1.165, 1.54) is 0 Å². The van der Waals surface area contributed by atoms with Gasteiger partial charge in [0, 0.05) is 0 Å². The van der Waals surface area contributed by atoms with Gasteiger partial charge in [-0.2, -0.15) is 5.10 Å². The predicted octanol–water partition coefficient (Wildman–Crippen LogP) is 1.98. The van der Waals surface area contributed by atoms with Gasteiger partial charge in [-0.25, -0.2) is 0 Å². The van der Waals surface area contributed by atoms with Crippen LogP contribution in [0.1, 0.15) is 39.7 Å². The van der Waals surface area contributed by atoms with Crippen LogP contribution in [0.15, 0.2) is 12.4 Å². The van der Waals surface area contributed by atoms with Crippen molar-refractivity contribution < 1.29 is 4.74 Å². The van der Waals surface area contributed by atoms with Gasteiger partial charge in [0.15, 0.2) is 5.75 Å². The summed E-state index contributed by atoms with van der Waals surface area (Å²) in [7, 11) is 0. The number of aromatic nitrogens is 2. The van der Waals surface area contributed by atoms with E-state index in [0.717, 1.165) is 31.7 Å². The number of nitrogens with zero attached hydrogens (tertiary/aromatic N) is 2. The van der Waals surface area contributed by atoms with Crippen LogP contribution in [0.4, 0.5) is 0 Å².